The zero-order chi connectivity index (χ0) is 24.0. The van der Waals surface area contributed by atoms with Gasteiger partial charge in [0.2, 0.25) is 15.9 Å². The van der Waals surface area contributed by atoms with E-state index in [-0.39, 0.29) is 40.9 Å². The van der Waals surface area contributed by atoms with Crippen molar-refractivity contribution in [2.45, 2.75) is 42.7 Å². The number of nitrogens with two attached hydrogens (primary N) is 1. The lowest BCUT2D eigenvalue weighted by atomic mass is 9.90. The molecule has 0 unspecified atom stereocenters. The van der Waals surface area contributed by atoms with Crippen LogP contribution in [0.4, 0.5) is 0 Å². The van der Waals surface area contributed by atoms with Crippen LogP contribution in [0.3, 0.4) is 0 Å². The van der Waals surface area contributed by atoms with E-state index in [2.05, 4.69) is 16.0 Å². The third-order valence-corrected chi connectivity index (χ3v) is 6.53. The number of hydrogen-bond acceptors (Lipinski definition) is 5. The summed E-state index contributed by atoms with van der Waals surface area (Å²) in [5.41, 5.74) is 0.637. The highest BCUT2D eigenvalue weighted by Crippen LogP contribution is 2.19. The van der Waals surface area contributed by atoms with E-state index in [1.165, 1.54) is 30.3 Å². The van der Waals surface area contributed by atoms with Gasteiger partial charge in [-0.1, -0.05) is 30.5 Å². The predicted molar refractivity (Wildman–Crippen MR) is 123 cm³/mol. The number of halogens is 1. The minimum absolute atomic E-state index is 0.0818. The van der Waals surface area contributed by atoms with Crippen molar-refractivity contribution in [3.63, 3.8) is 0 Å². The fourth-order valence-corrected chi connectivity index (χ4v) is 4.38. The van der Waals surface area contributed by atoms with Gasteiger partial charge in [0.25, 0.3) is 11.8 Å². The summed E-state index contributed by atoms with van der Waals surface area (Å²) in [6.45, 7) is -0.211. The second-order valence-electron chi connectivity index (χ2n) is 7.80. The molecule has 0 radical (unpaired) electrons. The maximum absolute atomic E-state index is 12.6. The van der Waals surface area contributed by atoms with E-state index in [0.717, 1.165) is 12.8 Å². The molecule has 176 valence electrons. The van der Waals surface area contributed by atoms with Gasteiger partial charge in [-0.3, -0.25) is 14.4 Å². The summed E-state index contributed by atoms with van der Waals surface area (Å²) >= 11 is 5.88. The van der Waals surface area contributed by atoms with Gasteiger partial charge in [0.15, 0.2) is 0 Å². The fraction of sp³-hybridized carbons (Fsp3) is 0.318. The molecule has 5 N–H and O–H groups in total. The molecule has 1 aliphatic carbocycles. The minimum Gasteiger partial charge on any atom is -0.350 e. The molecule has 0 spiro atoms. The van der Waals surface area contributed by atoms with Gasteiger partial charge in [-0.05, 0) is 55.3 Å². The summed E-state index contributed by atoms with van der Waals surface area (Å²) in [7, 11) is -3.84. The Balaban J connectivity index is 1.55. The number of carbonyl (C=O) groups is 3. The summed E-state index contributed by atoms with van der Waals surface area (Å²) in [5.74, 6) is -1.16. The van der Waals surface area contributed by atoms with E-state index in [1.807, 2.05) is 0 Å². The highest BCUT2D eigenvalue weighted by Gasteiger charge is 2.28. The van der Waals surface area contributed by atoms with Crippen LogP contribution in [0.15, 0.2) is 53.4 Å². The Bertz CT molecular complexity index is 1140. The molecular formula is C22H25ClN4O5S. The van der Waals surface area contributed by atoms with E-state index in [4.69, 9.17) is 16.7 Å². The molecule has 1 fully saturated rings. The fourth-order valence-electron chi connectivity index (χ4n) is 3.67. The van der Waals surface area contributed by atoms with Gasteiger partial charge < -0.3 is 16.0 Å². The first-order valence-corrected chi connectivity index (χ1v) is 12.3. The van der Waals surface area contributed by atoms with Gasteiger partial charge in [-0.15, -0.1) is 0 Å². The van der Waals surface area contributed by atoms with Crippen molar-refractivity contribution in [2.75, 3.05) is 6.54 Å². The lowest BCUT2D eigenvalue weighted by Crippen LogP contribution is -2.54. The van der Waals surface area contributed by atoms with Crippen LogP contribution in [0.2, 0.25) is 5.02 Å². The predicted octanol–water partition coefficient (Wildman–Crippen LogP) is 1.57. The smallest absolute Gasteiger partial charge is 0.251 e. The van der Waals surface area contributed by atoms with Crippen LogP contribution in [0, 0.1) is 0 Å². The molecule has 2 aromatic rings. The number of rotatable bonds is 7. The molecular weight excluding hydrogens is 468 g/mol. The number of primary sulfonamides is 1. The first-order chi connectivity index (χ1) is 15.6. The number of nitrogens with one attached hydrogen (secondary N) is 3. The van der Waals surface area contributed by atoms with Crippen LogP contribution < -0.4 is 21.1 Å². The average molecular weight is 493 g/mol. The quantitative estimate of drug-likeness (QED) is 0.463. The van der Waals surface area contributed by atoms with Gasteiger partial charge in [0.1, 0.15) is 0 Å². The largest absolute Gasteiger partial charge is 0.350 e. The van der Waals surface area contributed by atoms with Gasteiger partial charge >= 0.3 is 0 Å². The van der Waals surface area contributed by atoms with E-state index in [0.29, 0.717) is 23.4 Å². The van der Waals surface area contributed by atoms with Gasteiger partial charge in [-0.25, -0.2) is 13.6 Å². The Morgan fingerprint density at radius 3 is 2.15 bits per heavy atom. The van der Waals surface area contributed by atoms with Crippen molar-refractivity contribution in [1.29, 1.82) is 0 Å². The Morgan fingerprint density at radius 2 is 1.55 bits per heavy atom. The Labute approximate surface area is 197 Å². The zero-order valence-corrected chi connectivity index (χ0v) is 19.3. The van der Waals surface area contributed by atoms with Crippen LogP contribution in [-0.2, 0) is 14.8 Å². The molecule has 0 aromatic heterocycles. The first kappa shape index (κ1) is 24.7. The molecule has 3 amide bonds. The van der Waals surface area contributed by atoms with Crippen molar-refractivity contribution >= 4 is 39.3 Å². The average Bonchev–Trinajstić information content (AvgIpc) is 2.78. The number of sulfonamides is 1. The molecule has 2 atom stereocenters. The normalized spacial score (nSPS) is 18.2. The molecule has 11 heteroatoms. The van der Waals surface area contributed by atoms with Crippen molar-refractivity contribution in [3.8, 4) is 0 Å². The monoisotopic (exact) mass is 492 g/mol. The van der Waals surface area contributed by atoms with Crippen molar-refractivity contribution in [1.82, 2.24) is 16.0 Å². The molecule has 1 aliphatic rings. The Kier molecular flexibility index (Phi) is 8.06. The second kappa shape index (κ2) is 10.8. The summed E-state index contributed by atoms with van der Waals surface area (Å²) in [4.78, 5) is 37.2. The van der Waals surface area contributed by atoms with Crippen LogP contribution in [0.25, 0.3) is 0 Å². The third kappa shape index (κ3) is 7.01. The van der Waals surface area contributed by atoms with Crippen LogP contribution >= 0.6 is 11.6 Å². The van der Waals surface area contributed by atoms with Crippen LogP contribution in [-0.4, -0.2) is 44.8 Å². The topological polar surface area (TPSA) is 147 Å². The highest BCUT2D eigenvalue weighted by molar-refractivity contribution is 7.89. The molecule has 1 saturated carbocycles. The summed E-state index contributed by atoms with van der Waals surface area (Å²) in [6.07, 6.45) is 3.16. The molecule has 0 saturated heterocycles. The maximum Gasteiger partial charge on any atom is 0.251 e. The number of amides is 3. The van der Waals surface area contributed by atoms with E-state index >= 15 is 0 Å². The van der Waals surface area contributed by atoms with Gasteiger partial charge in [0.05, 0.1) is 11.4 Å². The summed E-state index contributed by atoms with van der Waals surface area (Å²) in [6, 6.07) is 11.1. The molecule has 2 aromatic carbocycles. The standard InChI is InChI=1S/C22H25ClN4O5S/c23-16-5-3-4-15(12-16)21(29)25-13-20(28)26-18-6-1-2-7-19(18)27-22(30)14-8-10-17(11-9-14)33(24,31)32/h3-5,8-12,18-19H,1-2,6-7,13H2,(H,25,29)(H,26,28)(H,27,30)(H2,24,31,32)/t18-,19+/m1/s1. The molecule has 0 aliphatic heterocycles. The van der Waals surface area contributed by atoms with Gasteiger partial charge in [0, 0.05) is 28.2 Å². The highest BCUT2D eigenvalue weighted by atomic mass is 35.5. The third-order valence-electron chi connectivity index (χ3n) is 5.37. The molecule has 9 nitrogen and oxygen atoms in total. The summed E-state index contributed by atoms with van der Waals surface area (Å²) < 4.78 is 22.7. The lowest BCUT2D eigenvalue weighted by molar-refractivity contribution is -0.121. The van der Waals surface area contributed by atoms with Crippen molar-refractivity contribution < 1.29 is 22.8 Å². The van der Waals surface area contributed by atoms with Crippen molar-refractivity contribution in [2.24, 2.45) is 5.14 Å². The zero-order valence-electron chi connectivity index (χ0n) is 17.7. The molecule has 33 heavy (non-hydrogen) atoms. The molecule has 0 bridgehead atoms. The minimum atomic E-state index is -3.84. The number of carbonyl (C=O) groups excluding carboxylic acids is 3. The van der Waals surface area contributed by atoms with Crippen LogP contribution in [0.1, 0.15) is 46.4 Å². The summed E-state index contributed by atoms with van der Waals surface area (Å²) in [5, 5.41) is 13.9. The van der Waals surface area contributed by atoms with E-state index < -0.39 is 15.9 Å². The van der Waals surface area contributed by atoms with E-state index in [9.17, 15) is 22.8 Å². The van der Waals surface area contributed by atoms with Crippen LogP contribution in [0.5, 0.6) is 0 Å². The first-order valence-electron chi connectivity index (χ1n) is 10.4. The molecule has 0 heterocycles. The maximum atomic E-state index is 12.6. The number of hydrogen-bond donors (Lipinski definition) is 4. The SMILES string of the molecule is NS(=O)(=O)c1ccc(C(=O)N[C@H]2CCCC[C@H]2NC(=O)CNC(=O)c2cccc(Cl)c2)cc1. The second-order valence-corrected chi connectivity index (χ2v) is 9.80. The Morgan fingerprint density at radius 1 is 0.909 bits per heavy atom. The van der Waals surface area contributed by atoms with Gasteiger partial charge in [-0.2, -0.15) is 0 Å². The lowest BCUT2D eigenvalue weighted by Gasteiger charge is -2.33. The molecule has 3 rings (SSSR count). The number of benzene rings is 2. The van der Waals surface area contributed by atoms with E-state index in [1.54, 1.807) is 18.2 Å². The Hall–Kier alpha value is -2.95. The van der Waals surface area contributed by atoms with Crippen molar-refractivity contribution in [3.05, 3.63) is 64.7 Å².